The summed E-state index contributed by atoms with van der Waals surface area (Å²) in [5.41, 5.74) is 2.72. The van der Waals surface area contributed by atoms with E-state index < -0.39 is 12.0 Å². The van der Waals surface area contributed by atoms with Gasteiger partial charge >= 0.3 is 5.97 Å². The maximum atomic E-state index is 12.8. The number of benzene rings is 1. The zero-order valence-electron chi connectivity index (χ0n) is 17.0. The third-order valence-electron chi connectivity index (χ3n) is 5.46. The molecule has 0 aromatic heterocycles. The molecule has 4 rings (SSSR count). The number of methoxy groups -OCH3 is 1. The molecular formula is C22H24ClN3O3S. The number of amides is 1. The van der Waals surface area contributed by atoms with Crippen molar-refractivity contribution in [2.45, 2.75) is 38.6 Å². The minimum absolute atomic E-state index is 0.0298. The van der Waals surface area contributed by atoms with Gasteiger partial charge in [-0.15, -0.1) is 0 Å². The molecule has 6 nitrogen and oxygen atoms in total. The van der Waals surface area contributed by atoms with Crippen LogP contribution >= 0.6 is 23.4 Å². The molecule has 0 saturated heterocycles. The number of halogens is 1. The molecule has 8 heteroatoms. The van der Waals surface area contributed by atoms with Gasteiger partial charge in [-0.05, 0) is 42.2 Å². The number of rotatable bonds is 7. The molecule has 158 valence electrons. The molecule has 1 aliphatic carbocycles. The van der Waals surface area contributed by atoms with Crippen molar-refractivity contribution in [1.29, 1.82) is 0 Å². The van der Waals surface area contributed by atoms with E-state index in [4.69, 9.17) is 21.3 Å². The molecule has 0 unspecified atom stereocenters. The van der Waals surface area contributed by atoms with Crippen molar-refractivity contribution >= 4 is 40.4 Å². The number of thioether (sulfide) groups is 1. The molecule has 0 radical (unpaired) electrons. The van der Waals surface area contributed by atoms with Crippen LogP contribution in [0.2, 0.25) is 5.02 Å². The Hall–Kier alpha value is -2.25. The Balaban J connectivity index is 1.70. The standard InChI is InChI=1S/C22H24ClN3O3S/c1-3-17-19(21(28)29-2)20(15-6-4-5-7-16(15)23)26-14(12-30-22(26)25-17)10-18(27)24-11-13-8-9-13/h4-7,12-13,20H,3,8-11H2,1-2H3,(H,24,27)/t20-/m1/s1. The van der Waals surface area contributed by atoms with Crippen molar-refractivity contribution in [1.82, 2.24) is 10.2 Å². The summed E-state index contributed by atoms with van der Waals surface area (Å²) in [5.74, 6) is 0.150. The predicted molar refractivity (Wildman–Crippen MR) is 119 cm³/mol. The van der Waals surface area contributed by atoms with Crippen LogP contribution in [0, 0.1) is 5.92 Å². The lowest BCUT2D eigenvalue weighted by molar-refractivity contribution is -0.136. The number of allylic oxidation sites excluding steroid dienone is 1. The zero-order valence-corrected chi connectivity index (χ0v) is 18.6. The summed E-state index contributed by atoms with van der Waals surface area (Å²) < 4.78 is 5.11. The van der Waals surface area contributed by atoms with E-state index in [1.165, 1.54) is 31.7 Å². The third-order valence-corrected chi connectivity index (χ3v) is 6.69. The largest absolute Gasteiger partial charge is 0.466 e. The number of aliphatic imine (C=N–C) groups is 1. The first-order chi connectivity index (χ1) is 14.5. The Morgan fingerprint density at radius 3 is 2.77 bits per heavy atom. The maximum absolute atomic E-state index is 12.8. The highest BCUT2D eigenvalue weighted by Crippen LogP contribution is 2.46. The SMILES string of the molecule is CCC1=C(C(=O)OC)[C@@H](c2ccccc2Cl)N2C(CC(=O)NCC3CC3)=CSC2=N1. The molecule has 1 amide bonds. The lowest BCUT2D eigenvalue weighted by Gasteiger charge is -2.36. The minimum Gasteiger partial charge on any atom is -0.466 e. The fraction of sp³-hybridized carbons (Fsp3) is 0.409. The van der Waals surface area contributed by atoms with Crippen molar-refractivity contribution in [2.75, 3.05) is 13.7 Å². The highest BCUT2D eigenvalue weighted by atomic mass is 35.5. The van der Waals surface area contributed by atoms with E-state index in [1.807, 2.05) is 35.4 Å². The van der Waals surface area contributed by atoms with Crippen LogP contribution in [0.4, 0.5) is 0 Å². The third kappa shape index (κ3) is 4.14. The molecule has 1 saturated carbocycles. The molecule has 1 fully saturated rings. The van der Waals surface area contributed by atoms with Gasteiger partial charge in [0, 0.05) is 17.3 Å². The molecule has 0 spiro atoms. The molecule has 30 heavy (non-hydrogen) atoms. The smallest absolute Gasteiger partial charge is 0.338 e. The van der Waals surface area contributed by atoms with Gasteiger partial charge in [-0.25, -0.2) is 9.79 Å². The van der Waals surface area contributed by atoms with Crippen LogP contribution in [0.15, 0.2) is 51.6 Å². The predicted octanol–water partition coefficient (Wildman–Crippen LogP) is 4.39. The normalized spacial score (nSPS) is 20.5. The Kier molecular flexibility index (Phi) is 6.20. The van der Waals surface area contributed by atoms with Crippen LogP contribution in [0.5, 0.6) is 0 Å². The summed E-state index contributed by atoms with van der Waals surface area (Å²) in [4.78, 5) is 32.0. The number of fused-ring (bicyclic) bond motifs is 1. The monoisotopic (exact) mass is 445 g/mol. The second-order valence-corrected chi connectivity index (χ2v) is 8.79. The van der Waals surface area contributed by atoms with Gasteiger partial charge in [0.2, 0.25) is 5.91 Å². The van der Waals surface area contributed by atoms with E-state index in [0.29, 0.717) is 28.6 Å². The number of esters is 1. The van der Waals surface area contributed by atoms with E-state index in [2.05, 4.69) is 5.32 Å². The molecule has 1 aromatic carbocycles. The highest BCUT2D eigenvalue weighted by Gasteiger charge is 2.42. The van der Waals surface area contributed by atoms with Crippen molar-refractivity contribution in [2.24, 2.45) is 10.9 Å². The Labute approximate surface area is 185 Å². The fourth-order valence-electron chi connectivity index (χ4n) is 3.71. The lowest BCUT2D eigenvalue weighted by atomic mass is 9.93. The average molecular weight is 446 g/mol. The second-order valence-electron chi connectivity index (χ2n) is 7.55. The molecule has 1 N–H and O–H groups in total. The summed E-state index contributed by atoms with van der Waals surface area (Å²) in [5, 5.41) is 6.25. The average Bonchev–Trinajstić information content (AvgIpc) is 3.51. The van der Waals surface area contributed by atoms with Gasteiger partial charge in [-0.2, -0.15) is 0 Å². The first-order valence-electron chi connectivity index (χ1n) is 10.1. The summed E-state index contributed by atoms with van der Waals surface area (Å²) in [6.07, 6.45) is 3.17. The van der Waals surface area contributed by atoms with Crippen LogP contribution in [0.1, 0.15) is 44.2 Å². The van der Waals surface area contributed by atoms with Crippen molar-refractivity contribution in [3.63, 3.8) is 0 Å². The summed E-state index contributed by atoms with van der Waals surface area (Å²) in [7, 11) is 1.37. The molecule has 3 aliphatic rings. The van der Waals surface area contributed by atoms with E-state index in [9.17, 15) is 9.59 Å². The number of nitrogens with one attached hydrogen (secondary N) is 1. The van der Waals surface area contributed by atoms with Crippen molar-refractivity contribution < 1.29 is 14.3 Å². The molecule has 1 aromatic rings. The minimum atomic E-state index is -0.494. The molecule has 0 bridgehead atoms. The van der Waals surface area contributed by atoms with Crippen LogP contribution < -0.4 is 5.32 Å². The molecular weight excluding hydrogens is 422 g/mol. The second kappa shape index (κ2) is 8.86. The van der Waals surface area contributed by atoms with E-state index in [1.54, 1.807) is 6.07 Å². The number of ether oxygens (including phenoxy) is 1. The summed E-state index contributed by atoms with van der Waals surface area (Å²) >= 11 is 8.01. The number of carbonyl (C=O) groups excluding carboxylic acids is 2. The van der Waals surface area contributed by atoms with E-state index in [-0.39, 0.29) is 12.3 Å². The van der Waals surface area contributed by atoms with Crippen LogP contribution in [-0.4, -0.2) is 35.6 Å². The highest BCUT2D eigenvalue weighted by molar-refractivity contribution is 8.16. The summed E-state index contributed by atoms with van der Waals surface area (Å²) in [6, 6.07) is 6.96. The van der Waals surface area contributed by atoms with Crippen LogP contribution in [-0.2, 0) is 14.3 Å². The Morgan fingerprint density at radius 1 is 1.33 bits per heavy atom. The van der Waals surface area contributed by atoms with Crippen LogP contribution in [0.3, 0.4) is 0 Å². The molecule has 2 heterocycles. The number of nitrogens with zero attached hydrogens (tertiary/aromatic N) is 2. The van der Waals surface area contributed by atoms with Crippen LogP contribution in [0.25, 0.3) is 0 Å². The van der Waals surface area contributed by atoms with Crippen molar-refractivity contribution in [3.8, 4) is 0 Å². The quantitative estimate of drug-likeness (QED) is 0.630. The van der Waals surface area contributed by atoms with Gasteiger partial charge in [0.05, 0.1) is 30.8 Å². The molecule has 2 aliphatic heterocycles. The first kappa shape index (κ1) is 21.0. The topological polar surface area (TPSA) is 71.0 Å². The lowest BCUT2D eigenvalue weighted by Crippen LogP contribution is -2.38. The summed E-state index contributed by atoms with van der Waals surface area (Å²) in [6.45, 7) is 2.68. The van der Waals surface area contributed by atoms with E-state index in [0.717, 1.165) is 23.0 Å². The van der Waals surface area contributed by atoms with Crippen molar-refractivity contribution in [3.05, 3.63) is 57.2 Å². The fourth-order valence-corrected chi connectivity index (χ4v) is 4.89. The van der Waals surface area contributed by atoms with Gasteiger partial charge in [-0.1, -0.05) is 48.5 Å². The Morgan fingerprint density at radius 2 is 2.10 bits per heavy atom. The van der Waals surface area contributed by atoms with Gasteiger partial charge in [0.1, 0.15) is 0 Å². The number of hydrogen-bond donors (Lipinski definition) is 1. The van der Waals surface area contributed by atoms with Gasteiger partial charge in [0.25, 0.3) is 0 Å². The Bertz CT molecular complexity index is 968. The number of hydrogen-bond acceptors (Lipinski definition) is 6. The van der Waals surface area contributed by atoms with Gasteiger partial charge in [-0.3, -0.25) is 4.79 Å². The zero-order chi connectivity index (χ0) is 21.3. The number of amidine groups is 1. The first-order valence-corrected chi connectivity index (χ1v) is 11.3. The molecule has 1 atom stereocenters. The van der Waals surface area contributed by atoms with Gasteiger partial charge < -0.3 is 15.0 Å². The number of carbonyl (C=O) groups is 2. The maximum Gasteiger partial charge on any atom is 0.338 e. The van der Waals surface area contributed by atoms with Gasteiger partial charge in [0.15, 0.2) is 5.17 Å². The van der Waals surface area contributed by atoms with E-state index >= 15 is 0 Å².